The number of nitrogens with one attached hydrogen (secondary N) is 1. The van der Waals surface area contributed by atoms with Crippen LogP contribution in [0.3, 0.4) is 0 Å². The van der Waals surface area contributed by atoms with Crippen molar-refractivity contribution < 1.29 is 14.3 Å². The first-order chi connectivity index (χ1) is 12.9. The second-order valence-electron chi connectivity index (χ2n) is 6.99. The van der Waals surface area contributed by atoms with Gasteiger partial charge in [-0.15, -0.1) is 0 Å². The van der Waals surface area contributed by atoms with E-state index in [9.17, 15) is 9.59 Å². The molecule has 0 radical (unpaired) electrons. The number of hydrogen-bond acceptors (Lipinski definition) is 3. The average Bonchev–Trinajstić information content (AvgIpc) is 2.65. The standard InChI is InChI=1S/C21H23ClN2O3/c1-13(2)20(15-8-10-16(22)11-9-15)23-21(26)19-12-24(14(3)25)17-6-4-5-7-18(17)27-19/h4-11,13,19-20H,12H2,1-3H3,(H,23,26)/t19-,20-/m1/s1. The molecule has 1 aliphatic rings. The smallest absolute Gasteiger partial charge is 0.263 e. The topological polar surface area (TPSA) is 58.6 Å². The molecular weight excluding hydrogens is 364 g/mol. The Balaban J connectivity index is 1.80. The van der Waals surface area contributed by atoms with Crippen LogP contribution in [0.25, 0.3) is 0 Å². The molecular formula is C21H23ClN2O3. The van der Waals surface area contributed by atoms with Crippen LogP contribution in [0.15, 0.2) is 48.5 Å². The summed E-state index contributed by atoms with van der Waals surface area (Å²) in [6.07, 6.45) is -0.766. The van der Waals surface area contributed by atoms with Gasteiger partial charge in [0.05, 0.1) is 18.3 Å². The van der Waals surface area contributed by atoms with Gasteiger partial charge < -0.3 is 15.0 Å². The number of amides is 2. The van der Waals surface area contributed by atoms with E-state index in [4.69, 9.17) is 16.3 Å². The third kappa shape index (κ3) is 4.25. The summed E-state index contributed by atoms with van der Waals surface area (Å²) in [6.45, 7) is 5.75. The summed E-state index contributed by atoms with van der Waals surface area (Å²) in [6, 6.07) is 14.5. The van der Waals surface area contributed by atoms with Crippen LogP contribution >= 0.6 is 11.6 Å². The fraction of sp³-hybridized carbons (Fsp3) is 0.333. The molecule has 0 aliphatic carbocycles. The first kappa shape index (κ1) is 19.2. The molecule has 2 atom stereocenters. The maximum absolute atomic E-state index is 12.9. The molecule has 0 fully saturated rings. The van der Waals surface area contributed by atoms with Crippen LogP contribution in [0.2, 0.25) is 5.02 Å². The number of hydrogen-bond donors (Lipinski definition) is 1. The molecule has 0 saturated carbocycles. The number of carbonyl (C=O) groups is 2. The molecule has 0 saturated heterocycles. The number of ether oxygens (including phenoxy) is 1. The molecule has 2 aromatic rings. The van der Waals surface area contributed by atoms with E-state index in [-0.39, 0.29) is 30.3 Å². The van der Waals surface area contributed by atoms with Gasteiger partial charge in [-0.3, -0.25) is 9.59 Å². The minimum absolute atomic E-state index is 0.123. The summed E-state index contributed by atoms with van der Waals surface area (Å²) in [4.78, 5) is 26.5. The molecule has 1 N–H and O–H groups in total. The fourth-order valence-electron chi connectivity index (χ4n) is 3.22. The van der Waals surface area contributed by atoms with Crippen LogP contribution in [0.1, 0.15) is 32.4 Å². The van der Waals surface area contributed by atoms with E-state index in [2.05, 4.69) is 5.32 Å². The summed E-state index contributed by atoms with van der Waals surface area (Å²) < 4.78 is 5.88. The molecule has 0 unspecified atom stereocenters. The first-order valence-corrected chi connectivity index (χ1v) is 9.34. The molecule has 0 spiro atoms. The number of nitrogens with zero attached hydrogens (tertiary/aromatic N) is 1. The predicted molar refractivity (Wildman–Crippen MR) is 106 cm³/mol. The Labute approximate surface area is 164 Å². The molecule has 3 rings (SSSR count). The zero-order valence-corrected chi connectivity index (χ0v) is 16.4. The van der Waals surface area contributed by atoms with Crippen molar-refractivity contribution in [3.05, 3.63) is 59.1 Å². The maximum Gasteiger partial charge on any atom is 0.263 e. The summed E-state index contributed by atoms with van der Waals surface area (Å²) >= 11 is 5.97. The molecule has 6 heteroatoms. The Kier molecular flexibility index (Phi) is 5.71. The molecule has 1 heterocycles. The van der Waals surface area contributed by atoms with E-state index in [1.165, 1.54) is 6.92 Å². The lowest BCUT2D eigenvalue weighted by Gasteiger charge is -2.34. The number of fused-ring (bicyclic) bond motifs is 1. The Morgan fingerprint density at radius 1 is 1.15 bits per heavy atom. The second kappa shape index (κ2) is 8.01. The van der Waals surface area contributed by atoms with Crippen LogP contribution in [0, 0.1) is 5.92 Å². The van der Waals surface area contributed by atoms with Gasteiger partial charge in [-0.05, 0) is 35.7 Å². The van der Waals surface area contributed by atoms with Crippen LogP contribution < -0.4 is 15.0 Å². The van der Waals surface area contributed by atoms with E-state index in [0.29, 0.717) is 16.5 Å². The lowest BCUT2D eigenvalue weighted by atomic mass is 9.95. The monoisotopic (exact) mass is 386 g/mol. The minimum atomic E-state index is -0.766. The van der Waals surface area contributed by atoms with Crippen LogP contribution in [-0.2, 0) is 9.59 Å². The van der Waals surface area contributed by atoms with E-state index in [0.717, 1.165) is 5.56 Å². The maximum atomic E-state index is 12.9. The average molecular weight is 387 g/mol. The normalized spacial score (nSPS) is 17.1. The first-order valence-electron chi connectivity index (χ1n) is 8.96. The van der Waals surface area contributed by atoms with Crippen LogP contribution in [0.5, 0.6) is 5.75 Å². The van der Waals surface area contributed by atoms with Gasteiger partial charge in [0.2, 0.25) is 5.91 Å². The number of benzene rings is 2. The van der Waals surface area contributed by atoms with Gasteiger partial charge in [-0.1, -0.05) is 49.7 Å². The van der Waals surface area contributed by atoms with Crippen molar-refractivity contribution in [3.8, 4) is 5.75 Å². The Hall–Kier alpha value is -2.53. The van der Waals surface area contributed by atoms with Gasteiger partial charge >= 0.3 is 0 Å². The molecule has 5 nitrogen and oxygen atoms in total. The zero-order chi connectivity index (χ0) is 19.6. The highest BCUT2D eigenvalue weighted by Gasteiger charge is 2.33. The van der Waals surface area contributed by atoms with Crippen LogP contribution in [0.4, 0.5) is 5.69 Å². The molecule has 0 aromatic heterocycles. The van der Waals surface area contributed by atoms with E-state index >= 15 is 0 Å². The van der Waals surface area contributed by atoms with Crippen molar-refractivity contribution in [1.82, 2.24) is 5.32 Å². The van der Waals surface area contributed by atoms with Crippen molar-refractivity contribution >= 4 is 29.1 Å². The fourth-order valence-corrected chi connectivity index (χ4v) is 3.35. The van der Waals surface area contributed by atoms with Crippen molar-refractivity contribution in [2.45, 2.75) is 32.9 Å². The lowest BCUT2D eigenvalue weighted by molar-refractivity contribution is -0.129. The largest absolute Gasteiger partial charge is 0.477 e. The minimum Gasteiger partial charge on any atom is -0.477 e. The van der Waals surface area contributed by atoms with Crippen molar-refractivity contribution in [2.75, 3.05) is 11.4 Å². The number of para-hydroxylation sites is 2. The van der Waals surface area contributed by atoms with Gasteiger partial charge in [0.1, 0.15) is 5.75 Å². The highest BCUT2D eigenvalue weighted by atomic mass is 35.5. The van der Waals surface area contributed by atoms with Gasteiger partial charge in [0.15, 0.2) is 6.10 Å². The molecule has 27 heavy (non-hydrogen) atoms. The number of carbonyl (C=O) groups excluding carboxylic acids is 2. The third-order valence-electron chi connectivity index (χ3n) is 4.64. The Morgan fingerprint density at radius 2 is 1.81 bits per heavy atom. The third-order valence-corrected chi connectivity index (χ3v) is 4.89. The second-order valence-corrected chi connectivity index (χ2v) is 7.42. The SMILES string of the molecule is CC(=O)N1C[C@H](C(=O)N[C@@H](c2ccc(Cl)cc2)C(C)C)Oc2ccccc21. The van der Waals surface area contributed by atoms with Crippen molar-refractivity contribution in [2.24, 2.45) is 5.92 Å². The van der Waals surface area contributed by atoms with Crippen LogP contribution in [-0.4, -0.2) is 24.5 Å². The summed E-state index contributed by atoms with van der Waals surface area (Å²) in [7, 11) is 0. The Bertz CT molecular complexity index is 836. The zero-order valence-electron chi connectivity index (χ0n) is 15.6. The van der Waals surface area contributed by atoms with Gasteiger partial charge in [0, 0.05) is 11.9 Å². The molecule has 142 valence electrons. The Morgan fingerprint density at radius 3 is 2.44 bits per heavy atom. The lowest BCUT2D eigenvalue weighted by Crippen LogP contribution is -2.51. The molecule has 2 aromatic carbocycles. The van der Waals surface area contributed by atoms with Gasteiger partial charge in [0.25, 0.3) is 5.91 Å². The number of anilines is 1. The van der Waals surface area contributed by atoms with Gasteiger partial charge in [-0.25, -0.2) is 0 Å². The summed E-state index contributed by atoms with van der Waals surface area (Å²) in [5.74, 6) is 0.340. The van der Waals surface area contributed by atoms with E-state index in [1.54, 1.807) is 11.0 Å². The highest BCUT2D eigenvalue weighted by Crippen LogP contribution is 2.33. The predicted octanol–water partition coefficient (Wildman–Crippen LogP) is 3.97. The number of rotatable bonds is 4. The number of halogens is 1. The summed E-state index contributed by atoms with van der Waals surface area (Å²) in [5, 5.41) is 3.72. The summed E-state index contributed by atoms with van der Waals surface area (Å²) in [5.41, 5.74) is 1.66. The highest BCUT2D eigenvalue weighted by molar-refractivity contribution is 6.30. The van der Waals surface area contributed by atoms with Crippen molar-refractivity contribution in [3.63, 3.8) is 0 Å². The van der Waals surface area contributed by atoms with E-state index < -0.39 is 6.10 Å². The van der Waals surface area contributed by atoms with Crippen molar-refractivity contribution in [1.29, 1.82) is 0 Å². The quantitative estimate of drug-likeness (QED) is 0.865. The van der Waals surface area contributed by atoms with E-state index in [1.807, 2.05) is 56.3 Å². The van der Waals surface area contributed by atoms with Gasteiger partial charge in [-0.2, -0.15) is 0 Å². The molecule has 0 bridgehead atoms. The molecule has 2 amide bonds. The molecule has 1 aliphatic heterocycles.